The Kier molecular flexibility index (Phi) is 6.73. The highest BCUT2D eigenvalue weighted by molar-refractivity contribution is 8.01. The molecule has 0 unspecified atom stereocenters. The Morgan fingerprint density at radius 1 is 1.33 bits per heavy atom. The van der Waals surface area contributed by atoms with Crippen molar-refractivity contribution in [3.05, 3.63) is 24.3 Å². The number of amides is 1. The van der Waals surface area contributed by atoms with Crippen molar-refractivity contribution in [1.82, 2.24) is 10.2 Å². The average molecular weight is 374 g/mol. The second-order valence-electron chi connectivity index (χ2n) is 4.88. The van der Waals surface area contributed by atoms with Gasteiger partial charge in [0.1, 0.15) is 5.75 Å². The zero-order valence-corrected chi connectivity index (χ0v) is 14.6. The molecule has 0 aliphatic rings. The summed E-state index contributed by atoms with van der Waals surface area (Å²) in [6.45, 7) is 1.02. The van der Waals surface area contributed by atoms with Gasteiger partial charge in [-0.3, -0.25) is 4.79 Å². The maximum atomic E-state index is 12.3. The predicted octanol–water partition coefficient (Wildman–Crippen LogP) is 3.69. The van der Waals surface area contributed by atoms with Gasteiger partial charge in [0.25, 0.3) is 0 Å². The first-order valence-electron chi connectivity index (χ1n) is 7.00. The van der Waals surface area contributed by atoms with Crippen LogP contribution in [-0.2, 0) is 4.79 Å². The van der Waals surface area contributed by atoms with Crippen LogP contribution in [0.2, 0.25) is 0 Å². The summed E-state index contributed by atoms with van der Waals surface area (Å²) < 4.78 is 29.7. The zero-order chi connectivity index (χ0) is 17.5. The van der Waals surface area contributed by atoms with E-state index in [1.807, 2.05) is 13.8 Å². The summed E-state index contributed by atoms with van der Waals surface area (Å²) in [7, 11) is 0. The van der Waals surface area contributed by atoms with Crippen LogP contribution in [0, 0.1) is 0 Å². The molecule has 10 heteroatoms. The molecule has 0 bridgehead atoms. The number of carbonyl (C=O) groups is 1. The van der Waals surface area contributed by atoms with E-state index in [-0.39, 0.29) is 29.1 Å². The summed E-state index contributed by atoms with van der Waals surface area (Å²) >= 11 is 2.57. The molecule has 0 fully saturated rings. The fourth-order valence-corrected chi connectivity index (χ4v) is 3.35. The van der Waals surface area contributed by atoms with E-state index >= 15 is 0 Å². The molecule has 0 radical (unpaired) electrons. The molecule has 0 spiro atoms. The van der Waals surface area contributed by atoms with Crippen LogP contribution in [0.4, 0.5) is 19.6 Å². The van der Waals surface area contributed by atoms with E-state index in [2.05, 4.69) is 25.6 Å². The minimum Gasteiger partial charge on any atom is -0.433 e. The number of nitrogens with one attached hydrogen (secondary N) is 2. The van der Waals surface area contributed by atoms with Crippen molar-refractivity contribution in [3.63, 3.8) is 0 Å². The molecule has 2 rings (SSSR count). The van der Waals surface area contributed by atoms with Gasteiger partial charge in [0.05, 0.1) is 11.4 Å². The lowest BCUT2D eigenvalue weighted by molar-refractivity contribution is -0.113. The molecule has 0 aliphatic carbocycles. The number of hydrogen-bond donors (Lipinski definition) is 2. The smallest absolute Gasteiger partial charge is 0.387 e. The number of hydrogen-bond acceptors (Lipinski definition) is 7. The van der Waals surface area contributed by atoms with Gasteiger partial charge >= 0.3 is 6.61 Å². The van der Waals surface area contributed by atoms with Crippen LogP contribution in [0.3, 0.4) is 0 Å². The lowest BCUT2D eigenvalue weighted by Crippen LogP contribution is -2.15. The third-order valence-electron chi connectivity index (χ3n) is 2.52. The Morgan fingerprint density at radius 2 is 2.08 bits per heavy atom. The van der Waals surface area contributed by atoms with Gasteiger partial charge in [0.2, 0.25) is 11.0 Å². The van der Waals surface area contributed by atoms with Gasteiger partial charge in [0, 0.05) is 6.04 Å². The summed E-state index contributed by atoms with van der Waals surface area (Å²) in [4.78, 5) is 12.0. The lowest BCUT2D eigenvalue weighted by atomic mass is 10.3. The van der Waals surface area contributed by atoms with Gasteiger partial charge in [-0.2, -0.15) is 8.78 Å². The quantitative estimate of drug-likeness (QED) is 0.687. The first-order valence-corrected chi connectivity index (χ1v) is 8.81. The Balaban J connectivity index is 1.88. The molecule has 1 aromatic carbocycles. The third-order valence-corrected chi connectivity index (χ3v) is 4.51. The minimum absolute atomic E-state index is 0.0785. The second kappa shape index (κ2) is 8.78. The topological polar surface area (TPSA) is 76.1 Å². The standard InChI is InChI=1S/C14H16F2N4O2S2/c1-8(2)17-13-19-20-14(24-13)23-7-11(21)18-9-5-3-4-6-10(9)22-12(15)16/h3-6,8,12H,7H2,1-2H3,(H,17,19)(H,18,21). The molecule has 24 heavy (non-hydrogen) atoms. The van der Waals surface area contributed by atoms with E-state index in [9.17, 15) is 13.6 Å². The SMILES string of the molecule is CC(C)Nc1nnc(SCC(=O)Nc2ccccc2OC(F)F)s1. The number of alkyl halides is 2. The largest absolute Gasteiger partial charge is 0.433 e. The molecule has 2 N–H and O–H groups in total. The lowest BCUT2D eigenvalue weighted by Gasteiger charge is -2.11. The predicted molar refractivity (Wildman–Crippen MR) is 91.1 cm³/mol. The molecular weight excluding hydrogens is 358 g/mol. The van der Waals surface area contributed by atoms with Crippen LogP contribution in [0.25, 0.3) is 0 Å². The van der Waals surface area contributed by atoms with Crippen LogP contribution < -0.4 is 15.4 Å². The summed E-state index contributed by atoms with van der Waals surface area (Å²) in [5, 5.41) is 14.3. The fraction of sp³-hybridized carbons (Fsp3) is 0.357. The summed E-state index contributed by atoms with van der Waals surface area (Å²) in [6.07, 6.45) is 0. The fourth-order valence-electron chi connectivity index (χ4n) is 1.66. The monoisotopic (exact) mass is 374 g/mol. The van der Waals surface area contributed by atoms with Gasteiger partial charge < -0.3 is 15.4 Å². The Labute approximate surface area is 146 Å². The number of rotatable bonds is 8. The molecule has 0 aliphatic heterocycles. The normalized spacial score (nSPS) is 10.9. The third kappa shape index (κ3) is 5.93. The van der Waals surface area contributed by atoms with E-state index in [0.717, 1.165) is 0 Å². The number of ether oxygens (including phenoxy) is 1. The number of carbonyl (C=O) groups excluding carboxylic acids is 1. The molecule has 6 nitrogen and oxygen atoms in total. The molecule has 2 aromatic rings. The number of halogens is 2. The maximum absolute atomic E-state index is 12.3. The summed E-state index contributed by atoms with van der Waals surface area (Å²) in [6, 6.07) is 6.27. The molecular formula is C14H16F2N4O2S2. The summed E-state index contributed by atoms with van der Waals surface area (Å²) in [5.41, 5.74) is 0.197. The molecule has 0 saturated heterocycles. The minimum atomic E-state index is -2.95. The van der Waals surface area contributed by atoms with Crippen molar-refractivity contribution in [1.29, 1.82) is 0 Å². The van der Waals surface area contributed by atoms with Crippen LogP contribution in [0.15, 0.2) is 28.6 Å². The van der Waals surface area contributed by atoms with E-state index in [1.54, 1.807) is 12.1 Å². The van der Waals surface area contributed by atoms with Crippen LogP contribution in [0.5, 0.6) is 5.75 Å². The highest BCUT2D eigenvalue weighted by Gasteiger charge is 2.13. The van der Waals surface area contributed by atoms with Gasteiger partial charge in [-0.15, -0.1) is 10.2 Å². The van der Waals surface area contributed by atoms with E-state index in [1.165, 1.54) is 35.2 Å². The first-order chi connectivity index (χ1) is 11.4. The van der Waals surface area contributed by atoms with Gasteiger partial charge in [-0.25, -0.2) is 0 Å². The average Bonchev–Trinajstić information content (AvgIpc) is 2.93. The van der Waals surface area contributed by atoms with E-state index in [4.69, 9.17) is 0 Å². The van der Waals surface area contributed by atoms with Crippen molar-refractivity contribution in [2.75, 3.05) is 16.4 Å². The molecule has 0 atom stereocenters. The van der Waals surface area contributed by atoms with Crippen molar-refractivity contribution in [2.45, 2.75) is 30.8 Å². The first kappa shape index (κ1) is 18.4. The number of anilines is 2. The number of benzene rings is 1. The highest BCUT2D eigenvalue weighted by atomic mass is 32.2. The van der Waals surface area contributed by atoms with Crippen molar-refractivity contribution >= 4 is 39.8 Å². The highest BCUT2D eigenvalue weighted by Crippen LogP contribution is 2.28. The number of para-hydroxylation sites is 2. The number of aromatic nitrogens is 2. The van der Waals surface area contributed by atoms with Crippen molar-refractivity contribution in [2.24, 2.45) is 0 Å². The number of thioether (sulfide) groups is 1. The zero-order valence-electron chi connectivity index (χ0n) is 13.0. The van der Waals surface area contributed by atoms with E-state index in [0.29, 0.717) is 9.47 Å². The Morgan fingerprint density at radius 3 is 2.79 bits per heavy atom. The maximum Gasteiger partial charge on any atom is 0.387 e. The molecule has 0 saturated carbocycles. The van der Waals surface area contributed by atoms with Gasteiger partial charge in [0.15, 0.2) is 4.34 Å². The molecule has 1 amide bonds. The Hall–Kier alpha value is -1.94. The van der Waals surface area contributed by atoms with E-state index < -0.39 is 6.61 Å². The van der Waals surface area contributed by atoms with Crippen LogP contribution in [0.1, 0.15) is 13.8 Å². The summed E-state index contributed by atoms with van der Waals surface area (Å²) in [5.74, 6) is -0.344. The van der Waals surface area contributed by atoms with Gasteiger partial charge in [-0.1, -0.05) is 35.2 Å². The molecule has 1 heterocycles. The van der Waals surface area contributed by atoms with Crippen molar-refractivity contribution in [3.8, 4) is 5.75 Å². The molecule has 1 aromatic heterocycles. The second-order valence-corrected chi connectivity index (χ2v) is 7.08. The van der Waals surface area contributed by atoms with Crippen LogP contribution >= 0.6 is 23.1 Å². The van der Waals surface area contributed by atoms with Crippen molar-refractivity contribution < 1.29 is 18.3 Å². The van der Waals surface area contributed by atoms with Gasteiger partial charge in [-0.05, 0) is 26.0 Å². The number of nitrogens with zero attached hydrogens (tertiary/aromatic N) is 2. The molecule has 130 valence electrons. The van der Waals surface area contributed by atoms with Crippen LogP contribution in [-0.4, -0.2) is 34.5 Å². The Bertz CT molecular complexity index is 682.